The molecule has 1 aromatic heterocycles. The van der Waals surface area contributed by atoms with E-state index in [0.29, 0.717) is 24.2 Å². The van der Waals surface area contributed by atoms with Crippen molar-refractivity contribution in [3.05, 3.63) is 59.5 Å². The number of thioether (sulfide) groups is 1. The number of hydrogen-bond acceptors (Lipinski definition) is 5. The van der Waals surface area contributed by atoms with Gasteiger partial charge in [-0.3, -0.25) is 4.79 Å². The molecule has 0 spiro atoms. The maximum absolute atomic E-state index is 12.6. The van der Waals surface area contributed by atoms with Crippen LogP contribution >= 0.6 is 11.8 Å². The first kappa shape index (κ1) is 19.8. The van der Waals surface area contributed by atoms with Crippen molar-refractivity contribution in [2.75, 3.05) is 0 Å². The predicted molar refractivity (Wildman–Crippen MR) is 100 cm³/mol. The van der Waals surface area contributed by atoms with Gasteiger partial charge in [0.2, 0.25) is 0 Å². The summed E-state index contributed by atoms with van der Waals surface area (Å²) in [6.45, 7) is 7.31. The van der Waals surface area contributed by atoms with Crippen molar-refractivity contribution in [2.45, 2.75) is 43.4 Å². The summed E-state index contributed by atoms with van der Waals surface area (Å²) in [5, 5.41) is 15.8. The summed E-state index contributed by atoms with van der Waals surface area (Å²) in [5.74, 6) is -0.0822. The molecule has 1 aromatic carbocycles. The van der Waals surface area contributed by atoms with E-state index in [0.717, 1.165) is 21.9 Å². The largest absolute Gasteiger partial charge is 0.480 e. The van der Waals surface area contributed by atoms with Crippen LogP contribution in [0.3, 0.4) is 0 Å². The van der Waals surface area contributed by atoms with Crippen molar-refractivity contribution in [2.24, 2.45) is 0 Å². The zero-order chi connectivity index (χ0) is 19.1. The SMILES string of the molecule is C=CCCC(NC(=O)c1ccccc1SCc1c(C)noc1C)C(=O)O. The van der Waals surface area contributed by atoms with Crippen LogP contribution < -0.4 is 5.32 Å². The lowest BCUT2D eigenvalue weighted by molar-refractivity contribution is -0.139. The average Bonchev–Trinajstić information content (AvgIpc) is 2.94. The lowest BCUT2D eigenvalue weighted by Crippen LogP contribution is -2.40. The molecule has 2 N–H and O–H groups in total. The maximum Gasteiger partial charge on any atom is 0.326 e. The van der Waals surface area contributed by atoms with Crippen LogP contribution in [-0.4, -0.2) is 28.2 Å². The summed E-state index contributed by atoms with van der Waals surface area (Å²) in [4.78, 5) is 24.7. The molecule has 2 aromatic rings. The summed E-state index contributed by atoms with van der Waals surface area (Å²) in [7, 11) is 0. The molecule has 26 heavy (non-hydrogen) atoms. The Bertz CT molecular complexity index is 781. The van der Waals surface area contributed by atoms with E-state index >= 15 is 0 Å². The van der Waals surface area contributed by atoms with E-state index < -0.39 is 17.9 Å². The van der Waals surface area contributed by atoms with Gasteiger partial charge in [0.1, 0.15) is 11.8 Å². The van der Waals surface area contributed by atoms with Crippen LogP contribution in [0, 0.1) is 13.8 Å². The number of aromatic nitrogens is 1. The molecule has 1 amide bonds. The highest BCUT2D eigenvalue weighted by atomic mass is 32.2. The molecule has 0 fully saturated rings. The molecule has 2 rings (SSSR count). The van der Waals surface area contributed by atoms with Gasteiger partial charge >= 0.3 is 5.97 Å². The first-order valence-corrected chi connectivity index (χ1v) is 9.20. The van der Waals surface area contributed by atoms with Crippen LogP contribution in [0.1, 0.15) is 40.2 Å². The molecule has 1 unspecified atom stereocenters. The standard InChI is InChI=1S/C19H22N2O4S/c1-4-5-9-16(19(23)24)20-18(22)14-8-6-7-10-17(14)26-11-15-12(2)21-25-13(15)3/h4,6-8,10,16H,1,5,9,11H2,2-3H3,(H,20,22)(H,23,24). The third kappa shape index (κ3) is 4.98. The summed E-state index contributed by atoms with van der Waals surface area (Å²) in [6.07, 6.45) is 2.45. The smallest absolute Gasteiger partial charge is 0.326 e. The number of nitrogens with zero attached hydrogens (tertiary/aromatic N) is 1. The van der Waals surface area contributed by atoms with E-state index in [-0.39, 0.29) is 0 Å². The zero-order valence-corrected chi connectivity index (χ0v) is 15.6. The van der Waals surface area contributed by atoms with E-state index in [1.807, 2.05) is 26.0 Å². The zero-order valence-electron chi connectivity index (χ0n) is 14.8. The second-order valence-electron chi connectivity index (χ2n) is 5.82. The number of amides is 1. The Balaban J connectivity index is 2.13. The molecule has 0 saturated carbocycles. The molecule has 0 aliphatic rings. The number of allylic oxidation sites excluding steroid dienone is 1. The highest BCUT2D eigenvalue weighted by Gasteiger charge is 2.21. The fourth-order valence-corrected chi connectivity index (χ4v) is 3.62. The fraction of sp³-hybridized carbons (Fsp3) is 0.316. The van der Waals surface area contributed by atoms with E-state index in [9.17, 15) is 14.7 Å². The third-order valence-electron chi connectivity index (χ3n) is 3.95. The molecule has 0 aliphatic carbocycles. The first-order valence-electron chi connectivity index (χ1n) is 8.22. The van der Waals surface area contributed by atoms with Crippen molar-refractivity contribution < 1.29 is 19.2 Å². The normalized spacial score (nSPS) is 11.8. The summed E-state index contributed by atoms with van der Waals surface area (Å²) < 4.78 is 5.16. The van der Waals surface area contributed by atoms with Crippen LogP contribution in [0.2, 0.25) is 0 Å². The number of aryl methyl sites for hydroxylation is 2. The first-order chi connectivity index (χ1) is 12.4. The highest BCUT2D eigenvalue weighted by Crippen LogP contribution is 2.28. The summed E-state index contributed by atoms with van der Waals surface area (Å²) in [6, 6.07) is 6.20. The quantitative estimate of drug-likeness (QED) is 0.513. The number of rotatable bonds is 9. The van der Waals surface area contributed by atoms with Crippen LogP contribution in [0.5, 0.6) is 0 Å². The van der Waals surface area contributed by atoms with Crippen LogP contribution in [0.25, 0.3) is 0 Å². The van der Waals surface area contributed by atoms with E-state index in [1.165, 1.54) is 11.8 Å². The lowest BCUT2D eigenvalue weighted by atomic mass is 10.1. The monoisotopic (exact) mass is 374 g/mol. The van der Waals surface area contributed by atoms with Crippen LogP contribution in [0.4, 0.5) is 0 Å². The van der Waals surface area contributed by atoms with Gasteiger partial charge < -0.3 is 14.9 Å². The number of carboxylic acids is 1. The minimum Gasteiger partial charge on any atom is -0.480 e. The van der Waals surface area contributed by atoms with E-state index in [2.05, 4.69) is 17.1 Å². The molecule has 138 valence electrons. The highest BCUT2D eigenvalue weighted by molar-refractivity contribution is 7.98. The molecular formula is C19H22N2O4S. The predicted octanol–water partition coefficient (Wildman–Crippen LogP) is 3.73. The maximum atomic E-state index is 12.6. The Morgan fingerprint density at radius 3 is 2.73 bits per heavy atom. The second kappa shape index (κ2) is 9.24. The number of hydrogen-bond donors (Lipinski definition) is 2. The number of aliphatic carboxylic acids is 1. The van der Waals surface area contributed by atoms with E-state index in [4.69, 9.17) is 4.52 Å². The van der Waals surface area contributed by atoms with Crippen molar-refractivity contribution in [3.8, 4) is 0 Å². The fourth-order valence-electron chi connectivity index (χ4n) is 2.42. The number of nitrogens with one attached hydrogen (secondary N) is 1. The third-order valence-corrected chi connectivity index (χ3v) is 5.05. The van der Waals surface area contributed by atoms with Gasteiger partial charge in [-0.1, -0.05) is 23.4 Å². The average molecular weight is 374 g/mol. The Hall–Kier alpha value is -2.54. The van der Waals surface area contributed by atoms with Gasteiger partial charge in [0.05, 0.1) is 11.3 Å². The van der Waals surface area contributed by atoms with Gasteiger partial charge in [-0.2, -0.15) is 0 Å². The molecule has 6 nitrogen and oxygen atoms in total. The van der Waals surface area contributed by atoms with Crippen molar-refractivity contribution in [1.29, 1.82) is 0 Å². The number of carbonyl (C=O) groups is 2. The lowest BCUT2D eigenvalue weighted by Gasteiger charge is -2.15. The van der Waals surface area contributed by atoms with Gasteiger partial charge in [0.25, 0.3) is 5.91 Å². The number of carbonyl (C=O) groups excluding carboxylic acids is 1. The minimum absolute atomic E-state index is 0.305. The van der Waals surface area contributed by atoms with Crippen molar-refractivity contribution >= 4 is 23.6 Å². The Labute approximate surface area is 156 Å². The second-order valence-corrected chi connectivity index (χ2v) is 6.84. The van der Waals surface area contributed by atoms with Crippen molar-refractivity contribution in [3.63, 3.8) is 0 Å². The number of benzene rings is 1. The molecule has 1 atom stereocenters. The Kier molecular flexibility index (Phi) is 7.03. The van der Waals surface area contributed by atoms with Crippen LogP contribution in [-0.2, 0) is 10.5 Å². The van der Waals surface area contributed by atoms with Gasteiger partial charge in [-0.25, -0.2) is 4.79 Å². The van der Waals surface area contributed by atoms with E-state index in [1.54, 1.807) is 18.2 Å². The molecule has 0 saturated heterocycles. The van der Waals surface area contributed by atoms with Gasteiger partial charge in [-0.05, 0) is 38.8 Å². The number of carboxylic acid groups (broad SMARTS) is 1. The summed E-state index contributed by atoms with van der Waals surface area (Å²) in [5.41, 5.74) is 2.28. The summed E-state index contributed by atoms with van der Waals surface area (Å²) >= 11 is 1.49. The molecule has 0 radical (unpaired) electrons. The van der Waals surface area contributed by atoms with Crippen molar-refractivity contribution in [1.82, 2.24) is 10.5 Å². The van der Waals surface area contributed by atoms with Gasteiger partial charge in [0.15, 0.2) is 0 Å². The Morgan fingerprint density at radius 2 is 2.12 bits per heavy atom. The van der Waals surface area contributed by atoms with Gasteiger partial charge in [0, 0.05) is 16.2 Å². The van der Waals surface area contributed by atoms with Gasteiger partial charge in [-0.15, -0.1) is 18.3 Å². The Morgan fingerprint density at radius 1 is 1.38 bits per heavy atom. The molecular weight excluding hydrogens is 352 g/mol. The molecule has 0 bridgehead atoms. The molecule has 1 heterocycles. The molecule has 7 heteroatoms. The van der Waals surface area contributed by atoms with Crippen LogP contribution in [0.15, 0.2) is 46.3 Å². The topological polar surface area (TPSA) is 92.4 Å². The molecule has 0 aliphatic heterocycles. The minimum atomic E-state index is -1.05.